The molecule has 2 N–H and O–H groups in total. The first-order chi connectivity index (χ1) is 14.3. The van der Waals surface area contributed by atoms with Gasteiger partial charge in [0.25, 0.3) is 0 Å². The fraction of sp³-hybridized carbons (Fsp3) is 0.870. The minimum atomic E-state index is -0.361. The number of carbonyl (C=O) groups excluding carboxylic acids is 3. The summed E-state index contributed by atoms with van der Waals surface area (Å²) in [4.78, 5) is 42.1. The summed E-state index contributed by atoms with van der Waals surface area (Å²) < 4.78 is 0. The van der Waals surface area contributed by atoms with E-state index in [4.69, 9.17) is 0 Å². The number of hydrogen-bond donors (Lipinski definition) is 2. The predicted octanol–water partition coefficient (Wildman–Crippen LogP) is 1.62. The average Bonchev–Trinajstić information content (AvgIpc) is 3.13. The van der Waals surface area contributed by atoms with Gasteiger partial charge >= 0.3 is 0 Å². The third-order valence-corrected chi connectivity index (χ3v) is 6.91. The van der Waals surface area contributed by atoms with Crippen molar-refractivity contribution in [2.75, 3.05) is 32.7 Å². The first-order valence-corrected chi connectivity index (χ1v) is 11.9. The van der Waals surface area contributed by atoms with Crippen LogP contribution in [0.2, 0.25) is 0 Å². The van der Waals surface area contributed by atoms with Gasteiger partial charge < -0.3 is 20.4 Å². The minimum Gasteiger partial charge on any atom is -0.356 e. The fourth-order valence-corrected chi connectivity index (χ4v) is 5.29. The maximum atomic E-state index is 13.5. The monoisotopic (exact) mass is 420 g/mol. The van der Waals surface area contributed by atoms with Crippen molar-refractivity contribution < 1.29 is 14.4 Å². The number of piperazine rings is 1. The zero-order valence-electron chi connectivity index (χ0n) is 19.2. The summed E-state index contributed by atoms with van der Waals surface area (Å²) in [5.74, 6) is 2.05. The van der Waals surface area contributed by atoms with Crippen LogP contribution in [0.3, 0.4) is 0 Å². The van der Waals surface area contributed by atoms with Gasteiger partial charge in [0, 0.05) is 39.1 Å². The van der Waals surface area contributed by atoms with Crippen LogP contribution in [0.5, 0.6) is 0 Å². The van der Waals surface area contributed by atoms with Crippen LogP contribution in [0.1, 0.15) is 59.8 Å². The van der Waals surface area contributed by atoms with Gasteiger partial charge in [-0.3, -0.25) is 14.4 Å². The molecule has 0 bridgehead atoms. The summed E-state index contributed by atoms with van der Waals surface area (Å²) in [7, 11) is 0. The summed E-state index contributed by atoms with van der Waals surface area (Å²) >= 11 is 0. The lowest BCUT2D eigenvalue weighted by atomic mass is 9.83. The van der Waals surface area contributed by atoms with Crippen LogP contribution in [0.15, 0.2) is 0 Å². The van der Waals surface area contributed by atoms with Crippen LogP contribution in [0.25, 0.3) is 0 Å². The Morgan fingerprint density at radius 3 is 2.30 bits per heavy atom. The largest absolute Gasteiger partial charge is 0.356 e. The molecule has 3 saturated heterocycles. The average molecular weight is 421 g/mol. The maximum Gasteiger partial charge on any atom is 0.245 e. The van der Waals surface area contributed by atoms with Crippen molar-refractivity contribution in [3.05, 3.63) is 0 Å². The normalized spacial score (nSPS) is 27.1. The lowest BCUT2D eigenvalue weighted by molar-refractivity contribution is -0.150. The van der Waals surface area contributed by atoms with Crippen molar-refractivity contribution >= 4 is 17.7 Å². The lowest BCUT2D eigenvalue weighted by Crippen LogP contribution is -2.62. The zero-order chi connectivity index (χ0) is 21.8. The molecular weight excluding hydrogens is 380 g/mol. The van der Waals surface area contributed by atoms with Gasteiger partial charge in [0.15, 0.2) is 0 Å². The van der Waals surface area contributed by atoms with Crippen LogP contribution >= 0.6 is 0 Å². The Labute approximate surface area is 181 Å². The Morgan fingerprint density at radius 2 is 1.73 bits per heavy atom. The third kappa shape index (κ3) is 5.54. The molecule has 1 unspecified atom stereocenters. The second-order valence-corrected chi connectivity index (χ2v) is 10.2. The van der Waals surface area contributed by atoms with E-state index in [9.17, 15) is 14.4 Å². The molecule has 170 valence electrons. The van der Waals surface area contributed by atoms with Gasteiger partial charge in [-0.25, -0.2) is 0 Å². The van der Waals surface area contributed by atoms with Crippen molar-refractivity contribution in [1.29, 1.82) is 0 Å². The van der Waals surface area contributed by atoms with E-state index in [0.29, 0.717) is 43.1 Å². The summed E-state index contributed by atoms with van der Waals surface area (Å²) in [5, 5.41) is 6.28. The number of nitrogens with one attached hydrogen (secondary N) is 2. The standard InChI is InChI=1S/C23H40N4O3/c1-15(2)11-19-22(29)27(10-7-24-19)20(12-16(3)4)23(30)26-8-5-17(6-9-26)18-13-21(28)25-14-18/h15-20,24H,5-14H2,1-4H3,(H,25,28)/t18?,19-,20-/m0/s1. The Morgan fingerprint density at radius 1 is 1.03 bits per heavy atom. The molecule has 3 rings (SSSR count). The summed E-state index contributed by atoms with van der Waals surface area (Å²) in [6.07, 6.45) is 4.04. The molecule has 0 aromatic carbocycles. The molecule has 3 atom stereocenters. The molecule has 3 aliphatic rings. The van der Waals surface area contributed by atoms with Crippen LogP contribution in [0.4, 0.5) is 0 Å². The van der Waals surface area contributed by atoms with E-state index in [-0.39, 0.29) is 29.8 Å². The van der Waals surface area contributed by atoms with Gasteiger partial charge in [-0.05, 0) is 49.4 Å². The highest BCUT2D eigenvalue weighted by Gasteiger charge is 2.40. The smallest absolute Gasteiger partial charge is 0.245 e. The van der Waals surface area contributed by atoms with Gasteiger partial charge in [0.2, 0.25) is 17.7 Å². The van der Waals surface area contributed by atoms with Gasteiger partial charge in [-0.1, -0.05) is 27.7 Å². The summed E-state index contributed by atoms with van der Waals surface area (Å²) in [6.45, 7) is 12.1. The number of nitrogens with zero attached hydrogens (tertiary/aromatic N) is 2. The fourth-order valence-electron chi connectivity index (χ4n) is 5.29. The number of rotatable bonds is 7. The zero-order valence-corrected chi connectivity index (χ0v) is 19.2. The molecule has 3 aliphatic heterocycles. The topological polar surface area (TPSA) is 81.8 Å². The van der Waals surface area contributed by atoms with Crippen LogP contribution in [-0.4, -0.2) is 72.3 Å². The summed E-state index contributed by atoms with van der Waals surface area (Å²) in [6, 6.07) is -0.542. The van der Waals surface area contributed by atoms with Crippen molar-refractivity contribution in [1.82, 2.24) is 20.4 Å². The SMILES string of the molecule is CC(C)C[C@@H]1NCCN([C@@H](CC(C)C)C(=O)N2CCC(C3CNC(=O)C3)CC2)C1=O. The van der Waals surface area contributed by atoms with Crippen LogP contribution in [-0.2, 0) is 14.4 Å². The second kappa shape index (κ2) is 10.1. The molecule has 3 fully saturated rings. The molecule has 7 heteroatoms. The van der Waals surface area contributed by atoms with Gasteiger partial charge in [-0.15, -0.1) is 0 Å². The van der Waals surface area contributed by atoms with Crippen LogP contribution in [0, 0.1) is 23.7 Å². The van der Waals surface area contributed by atoms with Crippen molar-refractivity contribution in [2.45, 2.75) is 71.9 Å². The predicted molar refractivity (Wildman–Crippen MR) is 117 cm³/mol. The molecule has 0 aromatic rings. The first kappa shape index (κ1) is 23.0. The quantitative estimate of drug-likeness (QED) is 0.656. The molecule has 3 heterocycles. The van der Waals surface area contributed by atoms with Crippen molar-refractivity contribution in [3.8, 4) is 0 Å². The molecule has 3 amide bonds. The van der Waals surface area contributed by atoms with Crippen molar-refractivity contribution in [2.24, 2.45) is 23.7 Å². The highest BCUT2D eigenvalue weighted by molar-refractivity contribution is 5.90. The number of piperidine rings is 1. The second-order valence-electron chi connectivity index (χ2n) is 10.2. The van der Waals surface area contributed by atoms with Crippen LogP contribution < -0.4 is 10.6 Å². The van der Waals surface area contributed by atoms with E-state index < -0.39 is 0 Å². The molecule has 0 radical (unpaired) electrons. The van der Waals surface area contributed by atoms with Gasteiger partial charge in [0.05, 0.1) is 6.04 Å². The minimum absolute atomic E-state index is 0.0828. The number of carbonyl (C=O) groups is 3. The van der Waals surface area contributed by atoms with Gasteiger partial charge in [0.1, 0.15) is 6.04 Å². The molecule has 0 aromatic heterocycles. The Balaban J connectivity index is 1.64. The first-order valence-electron chi connectivity index (χ1n) is 11.9. The number of hydrogen-bond acceptors (Lipinski definition) is 4. The molecule has 30 heavy (non-hydrogen) atoms. The van der Waals surface area contributed by atoms with E-state index in [1.807, 2.05) is 9.80 Å². The molecule has 0 saturated carbocycles. The van der Waals surface area contributed by atoms with E-state index in [1.54, 1.807) is 0 Å². The Kier molecular flexibility index (Phi) is 7.77. The maximum absolute atomic E-state index is 13.5. The van der Waals surface area contributed by atoms with E-state index >= 15 is 0 Å². The summed E-state index contributed by atoms with van der Waals surface area (Å²) in [5.41, 5.74) is 0. The lowest BCUT2D eigenvalue weighted by Gasteiger charge is -2.42. The molecular formula is C23H40N4O3. The highest BCUT2D eigenvalue weighted by Crippen LogP contribution is 2.30. The molecule has 0 spiro atoms. The Bertz CT molecular complexity index is 628. The number of amides is 3. The molecule has 7 nitrogen and oxygen atoms in total. The van der Waals surface area contributed by atoms with E-state index in [1.165, 1.54) is 0 Å². The van der Waals surface area contributed by atoms with Gasteiger partial charge in [-0.2, -0.15) is 0 Å². The number of likely N-dealkylation sites (tertiary alicyclic amines) is 1. The van der Waals surface area contributed by atoms with E-state index in [2.05, 4.69) is 38.3 Å². The Hall–Kier alpha value is -1.63. The van der Waals surface area contributed by atoms with Crippen molar-refractivity contribution in [3.63, 3.8) is 0 Å². The third-order valence-electron chi connectivity index (χ3n) is 6.91. The molecule has 0 aliphatic carbocycles. The highest BCUT2D eigenvalue weighted by atomic mass is 16.2. The van der Waals surface area contributed by atoms with E-state index in [0.717, 1.165) is 45.4 Å².